The number of aliphatic hydroxyl groups is 9. The molecule has 0 bridgehead atoms. The highest BCUT2D eigenvalue weighted by Gasteiger charge is 2.52. The van der Waals surface area contributed by atoms with Gasteiger partial charge in [-0.2, -0.15) is 0 Å². The molecule has 0 aliphatic carbocycles. The SMILES string of the molecule is C[C@@H]1O[C@@H](O[C@@H]2[C@@H](O)[C@H](O)[C@@H](CO)O[C@H]2O)[C@H](O)[C@H](O)[C@H]1O[C@@H]1O[C@@H](CO)[C@H](O)[C@H]1O. The summed E-state index contributed by atoms with van der Waals surface area (Å²) in [6.45, 7) is 0.200. The first-order chi connectivity index (χ1) is 14.6. The van der Waals surface area contributed by atoms with Crippen molar-refractivity contribution in [3.63, 3.8) is 0 Å². The van der Waals surface area contributed by atoms with E-state index in [1.165, 1.54) is 6.92 Å². The van der Waals surface area contributed by atoms with Crippen molar-refractivity contribution < 1.29 is 69.6 Å². The molecule has 14 atom stereocenters. The Morgan fingerprint density at radius 2 is 1.03 bits per heavy atom. The minimum absolute atomic E-state index is 0.576. The maximum atomic E-state index is 10.5. The monoisotopic (exact) mass is 458 g/mol. The molecule has 3 heterocycles. The maximum Gasteiger partial charge on any atom is 0.187 e. The Morgan fingerprint density at radius 3 is 1.61 bits per heavy atom. The quantitative estimate of drug-likeness (QED) is 0.181. The third kappa shape index (κ3) is 4.87. The van der Waals surface area contributed by atoms with Crippen LogP contribution in [0.2, 0.25) is 0 Å². The molecule has 0 aromatic carbocycles. The molecule has 3 rings (SSSR count). The predicted molar refractivity (Wildman–Crippen MR) is 93.8 cm³/mol. The van der Waals surface area contributed by atoms with Gasteiger partial charge in [0.2, 0.25) is 0 Å². The van der Waals surface area contributed by atoms with E-state index in [1.54, 1.807) is 0 Å². The molecular formula is C17H30O14. The van der Waals surface area contributed by atoms with Gasteiger partial charge in [0.25, 0.3) is 0 Å². The molecule has 14 heteroatoms. The van der Waals surface area contributed by atoms with Gasteiger partial charge in [0.15, 0.2) is 18.9 Å². The number of rotatable bonds is 6. The van der Waals surface area contributed by atoms with Crippen LogP contribution in [0.5, 0.6) is 0 Å². The van der Waals surface area contributed by atoms with Crippen molar-refractivity contribution in [2.24, 2.45) is 0 Å². The lowest BCUT2D eigenvalue weighted by Gasteiger charge is -2.45. The van der Waals surface area contributed by atoms with Gasteiger partial charge in [0.05, 0.1) is 19.3 Å². The lowest BCUT2D eigenvalue weighted by atomic mass is 9.97. The van der Waals surface area contributed by atoms with Crippen LogP contribution in [-0.4, -0.2) is 145 Å². The molecule has 9 N–H and O–H groups in total. The highest BCUT2D eigenvalue weighted by atomic mass is 16.8. The van der Waals surface area contributed by atoms with Gasteiger partial charge >= 0.3 is 0 Å². The molecule has 0 unspecified atom stereocenters. The average molecular weight is 458 g/mol. The van der Waals surface area contributed by atoms with Crippen LogP contribution >= 0.6 is 0 Å². The fourth-order valence-electron chi connectivity index (χ4n) is 3.81. The first-order valence-corrected chi connectivity index (χ1v) is 9.86. The summed E-state index contributed by atoms with van der Waals surface area (Å²) < 4.78 is 26.5. The van der Waals surface area contributed by atoms with Crippen molar-refractivity contribution in [1.29, 1.82) is 0 Å². The van der Waals surface area contributed by atoms with E-state index in [4.69, 9.17) is 33.9 Å². The highest BCUT2D eigenvalue weighted by molar-refractivity contribution is 4.94. The van der Waals surface area contributed by atoms with Crippen LogP contribution in [0.3, 0.4) is 0 Å². The van der Waals surface area contributed by atoms with Gasteiger partial charge in [-0.25, -0.2) is 0 Å². The van der Waals surface area contributed by atoms with E-state index in [2.05, 4.69) is 0 Å². The third-order valence-electron chi connectivity index (χ3n) is 5.70. The summed E-state index contributed by atoms with van der Waals surface area (Å²) in [6, 6.07) is 0. The fourth-order valence-corrected chi connectivity index (χ4v) is 3.81. The molecule has 0 aromatic rings. The van der Waals surface area contributed by atoms with E-state index in [1.807, 2.05) is 0 Å². The number of hydrogen-bond donors (Lipinski definition) is 9. The summed E-state index contributed by atoms with van der Waals surface area (Å²) in [5, 5.41) is 89.0. The molecule has 0 saturated carbocycles. The van der Waals surface area contributed by atoms with Crippen molar-refractivity contribution in [2.75, 3.05) is 13.2 Å². The van der Waals surface area contributed by atoms with Crippen LogP contribution in [0.15, 0.2) is 0 Å². The molecule has 3 aliphatic rings. The topological polar surface area (TPSA) is 228 Å². The Kier molecular flexibility index (Phi) is 8.21. The molecule has 0 aromatic heterocycles. The minimum Gasteiger partial charge on any atom is -0.394 e. The van der Waals surface area contributed by atoms with E-state index in [0.29, 0.717) is 0 Å². The summed E-state index contributed by atoms with van der Waals surface area (Å²) >= 11 is 0. The summed E-state index contributed by atoms with van der Waals surface area (Å²) in [5.41, 5.74) is 0. The molecule has 31 heavy (non-hydrogen) atoms. The van der Waals surface area contributed by atoms with Gasteiger partial charge in [-0.1, -0.05) is 0 Å². The molecule has 0 radical (unpaired) electrons. The van der Waals surface area contributed by atoms with Crippen molar-refractivity contribution in [3.8, 4) is 0 Å². The van der Waals surface area contributed by atoms with Gasteiger partial charge in [-0.05, 0) is 6.92 Å². The van der Waals surface area contributed by atoms with Gasteiger partial charge in [-0.15, -0.1) is 0 Å². The second kappa shape index (κ2) is 10.1. The Bertz CT molecular complexity index is 581. The first-order valence-electron chi connectivity index (χ1n) is 9.86. The summed E-state index contributed by atoms with van der Waals surface area (Å²) in [6.07, 6.45) is -20.5. The predicted octanol–water partition coefficient (Wildman–Crippen LogP) is -5.91. The van der Waals surface area contributed by atoms with E-state index in [9.17, 15) is 35.7 Å². The van der Waals surface area contributed by atoms with Crippen LogP contribution in [-0.2, 0) is 23.7 Å². The Labute approximate surface area is 176 Å². The second-order valence-corrected chi connectivity index (χ2v) is 7.83. The van der Waals surface area contributed by atoms with Gasteiger partial charge in [0.1, 0.15) is 61.0 Å². The van der Waals surface area contributed by atoms with Crippen molar-refractivity contribution in [3.05, 3.63) is 0 Å². The number of ether oxygens (including phenoxy) is 5. The average Bonchev–Trinajstić information content (AvgIpc) is 3.02. The zero-order chi connectivity index (χ0) is 23.0. The lowest BCUT2D eigenvalue weighted by Crippen LogP contribution is -2.64. The smallest absolute Gasteiger partial charge is 0.187 e. The normalized spacial score (nSPS) is 53.6. The first kappa shape index (κ1) is 25.1. The molecule has 0 spiro atoms. The molecular weight excluding hydrogens is 428 g/mol. The number of aliphatic hydroxyl groups excluding tert-OH is 9. The standard InChI is InChI=1S/C17H30O14/c1-4-13(30-17-11(24)8(21)6(3-19)29-17)10(23)12(25)16(27-4)31-14-9(22)7(20)5(2-18)28-15(14)26/h4-26H,2-3H2,1H3/t4-,5+,6-,7+,8-,9-,10-,11+,12+,13-,14+,15+,16-,17-/m0/s1. The molecule has 3 fully saturated rings. The van der Waals surface area contributed by atoms with E-state index < -0.39 is 99.2 Å². The van der Waals surface area contributed by atoms with Crippen LogP contribution < -0.4 is 0 Å². The Hall–Kier alpha value is -0.560. The largest absolute Gasteiger partial charge is 0.394 e. The summed E-state index contributed by atoms with van der Waals surface area (Å²) in [5.74, 6) is 0. The highest BCUT2D eigenvalue weighted by Crippen LogP contribution is 2.32. The lowest BCUT2D eigenvalue weighted by molar-refractivity contribution is -0.367. The number of hydrogen-bond acceptors (Lipinski definition) is 14. The molecule has 3 saturated heterocycles. The molecule has 3 aliphatic heterocycles. The van der Waals surface area contributed by atoms with Crippen molar-refractivity contribution in [2.45, 2.75) is 92.9 Å². The van der Waals surface area contributed by atoms with Crippen LogP contribution in [0.1, 0.15) is 6.92 Å². The van der Waals surface area contributed by atoms with Gasteiger partial charge in [0, 0.05) is 0 Å². The molecule has 14 nitrogen and oxygen atoms in total. The van der Waals surface area contributed by atoms with Crippen molar-refractivity contribution >= 4 is 0 Å². The van der Waals surface area contributed by atoms with Crippen molar-refractivity contribution in [1.82, 2.24) is 0 Å². The second-order valence-electron chi connectivity index (χ2n) is 7.83. The van der Waals surface area contributed by atoms with Crippen LogP contribution in [0, 0.1) is 0 Å². The maximum absolute atomic E-state index is 10.5. The van der Waals surface area contributed by atoms with E-state index in [0.717, 1.165) is 0 Å². The van der Waals surface area contributed by atoms with Crippen LogP contribution in [0.4, 0.5) is 0 Å². The van der Waals surface area contributed by atoms with E-state index >= 15 is 0 Å². The van der Waals surface area contributed by atoms with Gasteiger partial charge in [-0.3, -0.25) is 0 Å². The minimum atomic E-state index is -1.77. The Balaban J connectivity index is 1.63. The summed E-state index contributed by atoms with van der Waals surface area (Å²) in [7, 11) is 0. The third-order valence-corrected chi connectivity index (χ3v) is 5.70. The molecule has 0 amide bonds. The Morgan fingerprint density at radius 1 is 0.581 bits per heavy atom. The van der Waals surface area contributed by atoms with Crippen LogP contribution in [0.25, 0.3) is 0 Å². The fraction of sp³-hybridized carbons (Fsp3) is 1.00. The zero-order valence-electron chi connectivity index (χ0n) is 16.6. The molecule has 182 valence electrons. The van der Waals surface area contributed by atoms with Gasteiger partial charge < -0.3 is 69.6 Å². The zero-order valence-corrected chi connectivity index (χ0v) is 16.6. The summed E-state index contributed by atoms with van der Waals surface area (Å²) in [4.78, 5) is 0. The van der Waals surface area contributed by atoms with E-state index in [-0.39, 0.29) is 0 Å².